The molecule has 2 heterocycles. The van der Waals surface area contributed by atoms with Gasteiger partial charge in [0.1, 0.15) is 0 Å². The molecule has 0 saturated carbocycles. The fourth-order valence-corrected chi connectivity index (χ4v) is 3.06. The first-order valence-electron chi connectivity index (χ1n) is 7.91. The Labute approximate surface area is 117 Å². The Kier molecular flexibility index (Phi) is 5.44. The molecule has 0 amide bonds. The Bertz CT molecular complexity index is 364. The highest BCUT2D eigenvalue weighted by atomic mass is 15.1. The molecule has 0 radical (unpaired) electrons. The summed E-state index contributed by atoms with van der Waals surface area (Å²) in [5, 5.41) is 3.51. The summed E-state index contributed by atoms with van der Waals surface area (Å²) >= 11 is 0. The number of rotatable bonds is 6. The molecule has 2 unspecified atom stereocenters. The summed E-state index contributed by atoms with van der Waals surface area (Å²) in [4.78, 5) is 4.40. The van der Waals surface area contributed by atoms with Crippen LogP contribution in [-0.2, 0) is 0 Å². The average molecular weight is 263 g/mol. The van der Waals surface area contributed by atoms with Crippen LogP contribution in [0.15, 0.2) is 12.5 Å². The second-order valence-corrected chi connectivity index (χ2v) is 6.44. The Morgan fingerprint density at radius 2 is 2.21 bits per heavy atom. The van der Waals surface area contributed by atoms with Crippen molar-refractivity contribution in [3.8, 4) is 0 Å². The van der Waals surface area contributed by atoms with Crippen molar-refractivity contribution in [1.29, 1.82) is 0 Å². The average Bonchev–Trinajstić information content (AvgIpc) is 2.88. The highest BCUT2D eigenvalue weighted by Crippen LogP contribution is 2.27. The van der Waals surface area contributed by atoms with Crippen LogP contribution in [0.2, 0.25) is 0 Å². The number of nitrogens with one attached hydrogen (secondary N) is 1. The molecule has 0 aliphatic carbocycles. The van der Waals surface area contributed by atoms with Gasteiger partial charge in [-0.15, -0.1) is 0 Å². The summed E-state index contributed by atoms with van der Waals surface area (Å²) < 4.78 is 2.41. The van der Waals surface area contributed by atoms with Gasteiger partial charge in [-0.05, 0) is 38.6 Å². The van der Waals surface area contributed by atoms with Gasteiger partial charge in [-0.3, -0.25) is 0 Å². The van der Waals surface area contributed by atoms with E-state index in [2.05, 4.69) is 41.8 Å². The molecule has 2 atom stereocenters. The van der Waals surface area contributed by atoms with E-state index in [-0.39, 0.29) is 0 Å². The van der Waals surface area contributed by atoms with Crippen LogP contribution >= 0.6 is 0 Å². The lowest BCUT2D eigenvalue weighted by Crippen LogP contribution is -2.29. The third-order valence-corrected chi connectivity index (χ3v) is 4.29. The summed E-state index contributed by atoms with van der Waals surface area (Å²) in [5.74, 6) is 1.47. The second-order valence-electron chi connectivity index (χ2n) is 6.44. The molecule has 108 valence electrons. The molecule has 1 aromatic heterocycles. The Balaban J connectivity index is 1.93. The van der Waals surface area contributed by atoms with E-state index in [0.29, 0.717) is 12.0 Å². The monoisotopic (exact) mass is 263 g/mol. The fraction of sp³-hybridized carbons (Fsp3) is 0.812. The number of aromatic nitrogens is 2. The Hall–Kier alpha value is -0.830. The van der Waals surface area contributed by atoms with Gasteiger partial charge >= 0.3 is 0 Å². The Morgan fingerprint density at radius 1 is 1.37 bits per heavy atom. The third-order valence-electron chi connectivity index (χ3n) is 4.29. The van der Waals surface area contributed by atoms with Crippen LogP contribution in [-0.4, -0.2) is 22.6 Å². The highest BCUT2D eigenvalue weighted by Gasteiger charge is 2.20. The predicted octanol–water partition coefficient (Wildman–Crippen LogP) is 3.74. The van der Waals surface area contributed by atoms with E-state index in [9.17, 15) is 0 Å². The number of imidazole rings is 1. The van der Waals surface area contributed by atoms with E-state index in [1.54, 1.807) is 0 Å². The van der Waals surface area contributed by atoms with Crippen LogP contribution in [0.5, 0.6) is 0 Å². The summed E-state index contributed by atoms with van der Waals surface area (Å²) in [7, 11) is 0. The molecule has 1 aliphatic rings. The van der Waals surface area contributed by atoms with Gasteiger partial charge in [-0.1, -0.05) is 26.7 Å². The van der Waals surface area contributed by atoms with Crippen LogP contribution in [0.1, 0.15) is 70.5 Å². The van der Waals surface area contributed by atoms with E-state index in [0.717, 1.165) is 12.5 Å². The topological polar surface area (TPSA) is 29.9 Å². The molecule has 1 aliphatic heterocycles. The standard InChI is InChI=1S/C16H29N3/c1-13(2)6-4-7-14(3)19-12-18-11-16(19)15-8-5-9-17-10-15/h11-15,17H,4-10H2,1-3H3. The minimum Gasteiger partial charge on any atom is -0.332 e. The normalized spacial score (nSPS) is 21.8. The first-order valence-corrected chi connectivity index (χ1v) is 7.91. The maximum atomic E-state index is 4.40. The van der Waals surface area contributed by atoms with Crippen LogP contribution < -0.4 is 5.32 Å². The lowest BCUT2D eigenvalue weighted by Gasteiger charge is -2.26. The Morgan fingerprint density at radius 3 is 2.89 bits per heavy atom. The van der Waals surface area contributed by atoms with Crippen molar-refractivity contribution in [1.82, 2.24) is 14.9 Å². The number of piperidine rings is 1. The summed E-state index contributed by atoms with van der Waals surface area (Å²) in [6, 6.07) is 0.582. The lowest BCUT2D eigenvalue weighted by molar-refractivity contribution is 0.401. The van der Waals surface area contributed by atoms with Gasteiger partial charge in [0.25, 0.3) is 0 Å². The molecule has 1 N–H and O–H groups in total. The largest absolute Gasteiger partial charge is 0.332 e. The lowest BCUT2D eigenvalue weighted by atomic mass is 9.95. The third kappa shape index (κ3) is 4.07. The molecule has 2 rings (SSSR count). The van der Waals surface area contributed by atoms with E-state index >= 15 is 0 Å². The van der Waals surface area contributed by atoms with E-state index in [1.165, 1.54) is 44.3 Å². The molecule has 1 aromatic rings. The molecule has 0 aromatic carbocycles. The van der Waals surface area contributed by atoms with Gasteiger partial charge in [0.15, 0.2) is 0 Å². The van der Waals surface area contributed by atoms with Crippen molar-refractivity contribution in [2.75, 3.05) is 13.1 Å². The molecule has 1 fully saturated rings. The zero-order valence-corrected chi connectivity index (χ0v) is 12.7. The summed E-state index contributed by atoms with van der Waals surface area (Å²) in [6.07, 6.45) is 10.6. The van der Waals surface area contributed by atoms with Gasteiger partial charge in [0, 0.05) is 30.4 Å². The van der Waals surface area contributed by atoms with Crippen molar-refractivity contribution < 1.29 is 0 Å². The van der Waals surface area contributed by atoms with Crippen molar-refractivity contribution >= 4 is 0 Å². The predicted molar refractivity (Wildman–Crippen MR) is 80.5 cm³/mol. The SMILES string of the molecule is CC(C)CCCC(C)n1cncc1C1CCCNC1. The van der Waals surface area contributed by atoms with Crippen molar-refractivity contribution in [3.63, 3.8) is 0 Å². The molecular weight excluding hydrogens is 234 g/mol. The number of hydrogen-bond acceptors (Lipinski definition) is 2. The fourth-order valence-electron chi connectivity index (χ4n) is 3.06. The number of nitrogens with zero attached hydrogens (tertiary/aromatic N) is 2. The molecular formula is C16H29N3. The van der Waals surface area contributed by atoms with E-state index in [4.69, 9.17) is 0 Å². The van der Waals surface area contributed by atoms with Crippen molar-refractivity contribution in [2.45, 2.75) is 64.8 Å². The first-order chi connectivity index (χ1) is 9.18. The molecule has 19 heavy (non-hydrogen) atoms. The zero-order valence-electron chi connectivity index (χ0n) is 12.7. The van der Waals surface area contributed by atoms with Gasteiger partial charge in [-0.2, -0.15) is 0 Å². The summed E-state index contributed by atoms with van der Waals surface area (Å²) in [5.41, 5.74) is 1.43. The smallest absolute Gasteiger partial charge is 0.0950 e. The maximum absolute atomic E-state index is 4.40. The van der Waals surface area contributed by atoms with Gasteiger partial charge in [0.05, 0.1) is 6.33 Å². The van der Waals surface area contributed by atoms with Gasteiger partial charge < -0.3 is 9.88 Å². The van der Waals surface area contributed by atoms with E-state index in [1.807, 2.05) is 6.33 Å². The van der Waals surface area contributed by atoms with Crippen molar-refractivity contribution in [3.05, 3.63) is 18.2 Å². The summed E-state index contributed by atoms with van der Waals surface area (Å²) in [6.45, 7) is 9.24. The number of hydrogen-bond donors (Lipinski definition) is 1. The van der Waals surface area contributed by atoms with Crippen molar-refractivity contribution in [2.24, 2.45) is 5.92 Å². The second kappa shape index (κ2) is 7.09. The first kappa shape index (κ1) is 14.6. The molecule has 0 bridgehead atoms. The van der Waals surface area contributed by atoms with Gasteiger partial charge in [0.2, 0.25) is 0 Å². The quantitative estimate of drug-likeness (QED) is 0.847. The molecule has 0 spiro atoms. The maximum Gasteiger partial charge on any atom is 0.0950 e. The molecule has 3 heteroatoms. The molecule has 1 saturated heterocycles. The minimum atomic E-state index is 0.582. The van der Waals surface area contributed by atoms with Crippen LogP contribution in [0, 0.1) is 5.92 Å². The zero-order chi connectivity index (χ0) is 13.7. The van der Waals surface area contributed by atoms with Crippen LogP contribution in [0.25, 0.3) is 0 Å². The molecule has 3 nitrogen and oxygen atoms in total. The highest BCUT2D eigenvalue weighted by molar-refractivity contribution is 5.09. The van der Waals surface area contributed by atoms with Crippen LogP contribution in [0.3, 0.4) is 0 Å². The van der Waals surface area contributed by atoms with Crippen LogP contribution in [0.4, 0.5) is 0 Å². The van der Waals surface area contributed by atoms with E-state index < -0.39 is 0 Å². The van der Waals surface area contributed by atoms with Gasteiger partial charge in [-0.25, -0.2) is 4.98 Å². The minimum absolute atomic E-state index is 0.582.